The molecule has 0 atom stereocenters. The van der Waals surface area contributed by atoms with Crippen LogP contribution in [0, 0.1) is 6.92 Å². The van der Waals surface area contributed by atoms with Gasteiger partial charge in [-0.3, -0.25) is 0 Å². The number of hydrogen-bond acceptors (Lipinski definition) is 4. The number of piperidine rings is 1. The number of anilines is 1. The van der Waals surface area contributed by atoms with Crippen LogP contribution >= 0.6 is 0 Å². The summed E-state index contributed by atoms with van der Waals surface area (Å²) in [7, 11) is 0. The van der Waals surface area contributed by atoms with Crippen LogP contribution in [0.3, 0.4) is 0 Å². The Morgan fingerprint density at radius 2 is 1.95 bits per heavy atom. The zero-order chi connectivity index (χ0) is 16.2. The molecule has 5 heteroatoms. The third kappa shape index (κ3) is 4.90. The van der Waals surface area contributed by atoms with Crippen LogP contribution in [0.1, 0.15) is 51.3 Å². The van der Waals surface area contributed by atoms with Crippen LogP contribution in [0.5, 0.6) is 0 Å². The summed E-state index contributed by atoms with van der Waals surface area (Å²) < 4.78 is 5.24. The van der Waals surface area contributed by atoms with Crippen molar-refractivity contribution in [2.24, 2.45) is 0 Å². The number of aryl methyl sites for hydroxylation is 1. The standard InChI is InChI=1S/C17H27N3O2/c1-13-14(12-18-16(21)22-17(2,3)4)8-9-15(19-13)20-10-6-5-7-11-20/h8-9H,5-7,10-12H2,1-4H3,(H,18,21). The maximum absolute atomic E-state index is 11.7. The Kier molecular flexibility index (Phi) is 5.27. The Balaban J connectivity index is 1.93. The lowest BCUT2D eigenvalue weighted by atomic mass is 10.1. The Hall–Kier alpha value is -1.78. The van der Waals surface area contributed by atoms with Crippen LogP contribution in [0.25, 0.3) is 0 Å². The van der Waals surface area contributed by atoms with E-state index in [-0.39, 0.29) is 0 Å². The summed E-state index contributed by atoms with van der Waals surface area (Å²) in [5.74, 6) is 1.04. The zero-order valence-electron chi connectivity index (χ0n) is 14.1. The molecule has 0 spiro atoms. The molecule has 1 saturated heterocycles. The summed E-state index contributed by atoms with van der Waals surface area (Å²) in [5, 5.41) is 2.78. The number of hydrogen-bond donors (Lipinski definition) is 1. The van der Waals surface area contributed by atoms with Gasteiger partial charge in [-0.15, -0.1) is 0 Å². The number of nitrogens with zero attached hydrogens (tertiary/aromatic N) is 2. The number of rotatable bonds is 3. The van der Waals surface area contributed by atoms with Gasteiger partial charge in [0.15, 0.2) is 0 Å². The number of ether oxygens (including phenoxy) is 1. The fraction of sp³-hybridized carbons (Fsp3) is 0.647. The number of carbonyl (C=O) groups excluding carboxylic acids is 1. The van der Waals surface area contributed by atoms with Crippen molar-refractivity contribution < 1.29 is 9.53 Å². The first kappa shape index (κ1) is 16.6. The van der Waals surface area contributed by atoms with E-state index in [1.807, 2.05) is 39.8 Å². The summed E-state index contributed by atoms with van der Waals surface area (Å²) >= 11 is 0. The van der Waals surface area contributed by atoms with Gasteiger partial charge in [-0.2, -0.15) is 0 Å². The second kappa shape index (κ2) is 6.99. The average Bonchev–Trinajstić information content (AvgIpc) is 2.45. The van der Waals surface area contributed by atoms with Gasteiger partial charge in [0.2, 0.25) is 0 Å². The van der Waals surface area contributed by atoms with E-state index in [2.05, 4.69) is 15.2 Å². The lowest BCUT2D eigenvalue weighted by Crippen LogP contribution is -2.32. The van der Waals surface area contributed by atoms with Crippen molar-refractivity contribution in [3.05, 3.63) is 23.4 Å². The zero-order valence-corrected chi connectivity index (χ0v) is 14.1. The van der Waals surface area contributed by atoms with E-state index in [4.69, 9.17) is 4.74 Å². The van der Waals surface area contributed by atoms with Crippen molar-refractivity contribution >= 4 is 11.9 Å². The van der Waals surface area contributed by atoms with Gasteiger partial charge in [-0.25, -0.2) is 9.78 Å². The number of amides is 1. The average molecular weight is 305 g/mol. The first-order valence-electron chi connectivity index (χ1n) is 8.03. The normalized spacial score (nSPS) is 15.5. The first-order chi connectivity index (χ1) is 10.3. The van der Waals surface area contributed by atoms with Crippen molar-refractivity contribution in [2.45, 2.75) is 59.1 Å². The molecular formula is C17H27N3O2. The summed E-state index contributed by atoms with van der Waals surface area (Å²) in [5.41, 5.74) is 1.50. The van der Waals surface area contributed by atoms with Gasteiger partial charge in [0.05, 0.1) is 0 Å². The molecule has 0 unspecified atom stereocenters. The van der Waals surface area contributed by atoms with E-state index in [1.165, 1.54) is 19.3 Å². The molecule has 1 aliphatic heterocycles. The smallest absolute Gasteiger partial charge is 0.407 e. The molecule has 122 valence electrons. The van der Waals surface area contributed by atoms with Crippen LogP contribution in [0.15, 0.2) is 12.1 Å². The molecule has 0 radical (unpaired) electrons. The van der Waals surface area contributed by atoms with Gasteiger partial charge in [0.1, 0.15) is 11.4 Å². The minimum atomic E-state index is -0.477. The number of pyridine rings is 1. The quantitative estimate of drug-likeness (QED) is 0.930. The molecule has 22 heavy (non-hydrogen) atoms. The largest absolute Gasteiger partial charge is 0.444 e. The molecule has 5 nitrogen and oxygen atoms in total. The highest BCUT2D eigenvalue weighted by Gasteiger charge is 2.17. The van der Waals surface area contributed by atoms with E-state index in [0.717, 1.165) is 30.2 Å². The SMILES string of the molecule is Cc1nc(N2CCCCC2)ccc1CNC(=O)OC(C)(C)C. The minimum absolute atomic E-state index is 0.396. The van der Waals surface area contributed by atoms with E-state index in [1.54, 1.807) is 0 Å². The van der Waals surface area contributed by atoms with Crippen molar-refractivity contribution in [3.8, 4) is 0 Å². The molecule has 1 amide bonds. The first-order valence-corrected chi connectivity index (χ1v) is 8.03. The summed E-state index contributed by atoms with van der Waals surface area (Å²) in [6, 6.07) is 4.09. The molecule has 0 saturated carbocycles. The molecule has 2 heterocycles. The van der Waals surface area contributed by atoms with Crippen molar-refractivity contribution in [1.29, 1.82) is 0 Å². The lowest BCUT2D eigenvalue weighted by molar-refractivity contribution is 0.0523. The molecule has 0 bridgehead atoms. The second-order valence-corrected chi connectivity index (χ2v) is 6.82. The molecule has 1 N–H and O–H groups in total. The van der Waals surface area contributed by atoms with Crippen molar-refractivity contribution in [1.82, 2.24) is 10.3 Å². The fourth-order valence-electron chi connectivity index (χ4n) is 2.54. The summed E-state index contributed by atoms with van der Waals surface area (Å²) in [6.07, 6.45) is 3.39. The van der Waals surface area contributed by atoms with E-state index < -0.39 is 11.7 Å². The topological polar surface area (TPSA) is 54.5 Å². The van der Waals surface area contributed by atoms with Crippen LogP contribution in [-0.2, 0) is 11.3 Å². The Morgan fingerprint density at radius 1 is 1.27 bits per heavy atom. The molecule has 1 aromatic rings. The highest BCUT2D eigenvalue weighted by molar-refractivity contribution is 5.67. The van der Waals surface area contributed by atoms with Crippen LogP contribution in [0.4, 0.5) is 10.6 Å². The van der Waals surface area contributed by atoms with E-state index in [0.29, 0.717) is 6.54 Å². The number of nitrogens with one attached hydrogen (secondary N) is 1. The number of carbonyl (C=O) groups is 1. The van der Waals surface area contributed by atoms with Gasteiger partial charge in [0.25, 0.3) is 0 Å². The lowest BCUT2D eigenvalue weighted by Gasteiger charge is -2.28. The maximum Gasteiger partial charge on any atom is 0.407 e. The molecule has 0 aromatic carbocycles. The van der Waals surface area contributed by atoms with E-state index >= 15 is 0 Å². The van der Waals surface area contributed by atoms with Crippen LogP contribution in [-0.4, -0.2) is 29.8 Å². The van der Waals surface area contributed by atoms with Gasteiger partial charge in [0, 0.05) is 25.3 Å². The van der Waals surface area contributed by atoms with Crippen LogP contribution < -0.4 is 10.2 Å². The summed E-state index contributed by atoms with van der Waals surface area (Å²) in [6.45, 7) is 10.2. The van der Waals surface area contributed by atoms with Gasteiger partial charge in [-0.1, -0.05) is 6.07 Å². The van der Waals surface area contributed by atoms with E-state index in [9.17, 15) is 4.79 Å². The molecular weight excluding hydrogens is 278 g/mol. The highest BCUT2D eigenvalue weighted by atomic mass is 16.6. The number of alkyl carbamates (subject to hydrolysis) is 1. The monoisotopic (exact) mass is 305 g/mol. The Labute approximate surface area is 133 Å². The second-order valence-electron chi connectivity index (χ2n) is 6.82. The molecule has 1 aliphatic rings. The Bertz CT molecular complexity index is 517. The maximum atomic E-state index is 11.7. The highest BCUT2D eigenvalue weighted by Crippen LogP contribution is 2.19. The Morgan fingerprint density at radius 3 is 2.55 bits per heavy atom. The van der Waals surface area contributed by atoms with Gasteiger partial charge < -0.3 is 15.0 Å². The third-order valence-electron chi connectivity index (χ3n) is 3.68. The van der Waals surface area contributed by atoms with Crippen LogP contribution in [0.2, 0.25) is 0 Å². The van der Waals surface area contributed by atoms with Gasteiger partial charge >= 0.3 is 6.09 Å². The number of aromatic nitrogens is 1. The van der Waals surface area contributed by atoms with Crippen molar-refractivity contribution in [3.63, 3.8) is 0 Å². The molecule has 0 aliphatic carbocycles. The molecule has 1 fully saturated rings. The predicted molar refractivity (Wildman–Crippen MR) is 88.1 cm³/mol. The molecule has 1 aromatic heterocycles. The fourth-order valence-corrected chi connectivity index (χ4v) is 2.54. The molecule has 2 rings (SSSR count). The summed E-state index contributed by atoms with van der Waals surface area (Å²) in [4.78, 5) is 18.7. The predicted octanol–water partition coefficient (Wildman–Crippen LogP) is 3.41. The third-order valence-corrected chi connectivity index (χ3v) is 3.68. The minimum Gasteiger partial charge on any atom is -0.444 e. The van der Waals surface area contributed by atoms with Crippen molar-refractivity contribution in [2.75, 3.05) is 18.0 Å². The van der Waals surface area contributed by atoms with Gasteiger partial charge in [-0.05, 0) is 58.6 Å².